The largest absolute Gasteiger partial charge is 0.339 e. The zero-order chi connectivity index (χ0) is 16.9. The van der Waals surface area contributed by atoms with Crippen LogP contribution in [-0.4, -0.2) is 47.9 Å². The summed E-state index contributed by atoms with van der Waals surface area (Å²) in [4.78, 5) is 16.3. The molecule has 128 valence electrons. The van der Waals surface area contributed by atoms with E-state index in [1.54, 1.807) is 5.57 Å². The molecule has 0 bridgehead atoms. The fraction of sp³-hybridized carbons (Fsp3) is 0.476. The maximum Gasteiger partial charge on any atom is 0.245 e. The average molecular weight is 324 g/mol. The molecule has 0 aromatic heterocycles. The summed E-state index contributed by atoms with van der Waals surface area (Å²) in [6, 6.07) is 11.7. The van der Waals surface area contributed by atoms with Gasteiger partial charge in [-0.25, -0.2) is 0 Å². The first-order chi connectivity index (χ1) is 11.7. The molecule has 1 aromatic rings. The van der Waals surface area contributed by atoms with Gasteiger partial charge in [0.25, 0.3) is 0 Å². The van der Waals surface area contributed by atoms with Gasteiger partial charge >= 0.3 is 0 Å². The van der Waals surface area contributed by atoms with Gasteiger partial charge in [-0.3, -0.25) is 9.69 Å². The van der Waals surface area contributed by atoms with Crippen LogP contribution in [0.5, 0.6) is 0 Å². The summed E-state index contributed by atoms with van der Waals surface area (Å²) in [6.45, 7) is 5.73. The highest BCUT2D eigenvalue weighted by molar-refractivity contribution is 5.87. The molecule has 2 aliphatic rings. The van der Waals surface area contributed by atoms with E-state index in [0.29, 0.717) is 12.1 Å². The molecule has 3 nitrogen and oxygen atoms in total. The Kier molecular flexibility index (Phi) is 5.52. The molecule has 1 atom stereocenters. The summed E-state index contributed by atoms with van der Waals surface area (Å²) in [7, 11) is 1.90. The molecule has 0 N–H and O–H groups in total. The Hall–Kier alpha value is -1.87. The van der Waals surface area contributed by atoms with Crippen LogP contribution in [0.2, 0.25) is 0 Å². The van der Waals surface area contributed by atoms with Crippen molar-refractivity contribution in [3.63, 3.8) is 0 Å². The minimum Gasteiger partial charge on any atom is -0.339 e. The van der Waals surface area contributed by atoms with Crippen molar-refractivity contribution in [1.29, 1.82) is 0 Å². The maximum atomic E-state index is 11.8. The van der Waals surface area contributed by atoms with Crippen LogP contribution in [0.1, 0.15) is 31.2 Å². The van der Waals surface area contributed by atoms with Crippen molar-refractivity contribution in [1.82, 2.24) is 9.80 Å². The zero-order valence-corrected chi connectivity index (χ0v) is 14.7. The Morgan fingerprint density at radius 1 is 1.33 bits per heavy atom. The number of nitrogens with zero attached hydrogens (tertiary/aromatic N) is 2. The van der Waals surface area contributed by atoms with Crippen molar-refractivity contribution >= 4 is 5.91 Å². The summed E-state index contributed by atoms with van der Waals surface area (Å²) in [5, 5.41) is 0. The Bertz CT molecular complexity index is 600. The van der Waals surface area contributed by atoms with E-state index >= 15 is 0 Å². The second-order valence-corrected chi connectivity index (χ2v) is 6.94. The summed E-state index contributed by atoms with van der Waals surface area (Å²) >= 11 is 0. The lowest BCUT2D eigenvalue weighted by Crippen LogP contribution is -2.49. The number of allylic oxidation sites excluding steroid dienone is 1. The molecular formula is C21H28N2O. The molecule has 0 radical (unpaired) electrons. The van der Waals surface area contributed by atoms with Crippen LogP contribution < -0.4 is 0 Å². The number of carbonyl (C=O) groups is 1. The summed E-state index contributed by atoms with van der Waals surface area (Å²) in [5.74, 6) is 0.0380. The van der Waals surface area contributed by atoms with E-state index in [4.69, 9.17) is 0 Å². The summed E-state index contributed by atoms with van der Waals surface area (Å²) in [5.41, 5.74) is 3.02. The fourth-order valence-corrected chi connectivity index (χ4v) is 3.85. The van der Waals surface area contributed by atoms with Gasteiger partial charge in [-0.1, -0.05) is 48.6 Å². The normalized spacial score (nSPS) is 20.0. The van der Waals surface area contributed by atoms with Gasteiger partial charge < -0.3 is 4.90 Å². The minimum atomic E-state index is 0.0380. The van der Waals surface area contributed by atoms with Gasteiger partial charge in [0.2, 0.25) is 5.91 Å². The second-order valence-electron chi connectivity index (χ2n) is 6.94. The van der Waals surface area contributed by atoms with Gasteiger partial charge in [0, 0.05) is 32.2 Å². The van der Waals surface area contributed by atoms with Crippen LogP contribution in [0.15, 0.2) is 54.6 Å². The third kappa shape index (κ3) is 3.78. The van der Waals surface area contributed by atoms with Gasteiger partial charge in [0.1, 0.15) is 0 Å². The third-order valence-corrected chi connectivity index (χ3v) is 5.55. The minimum absolute atomic E-state index is 0.0380. The van der Waals surface area contributed by atoms with Crippen LogP contribution >= 0.6 is 0 Å². The molecule has 1 saturated heterocycles. The first-order valence-electron chi connectivity index (χ1n) is 9.05. The van der Waals surface area contributed by atoms with Crippen molar-refractivity contribution in [2.45, 2.75) is 44.2 Å². The topological polar surface area (TPSA) is 23.6 Å². The Morgan fingerprint density at radius 3 is 2.54 bits per heavy atom. The summed E-state index contributed by atoms with van der Waals surface area (Å²) < 4.78 is 0. The average Bonchev–Trinajstić information content (AvgIpc) is 2.59. The van der Waals surface area contributed by atoms with E-state index in [9.17, 15) is 4.79 Å². The first kappa shape index (κ1) is 17.0. The third-order valence-electron chi connectivity index (χ3n) is 5.55. The molecule has 3 rings (SSSR count). The van der Waals surface area contributed by atoms with Crippen molar-refractivity contribution in [3.05, 3.63) is 60.2 Å². The highest BCUT2D eigenvalue weighted by Gasteiger charge is 2.30. The molecule has 0 saturated carbocycles. The van der Waals surface area contributed by atoms with Gasteiger partial charge in [-0.15, -0.1) is 0 Å². The zero-order valence-electron chi connectivity index (χ0n) is 14.7. The Balaban J connectivity index is 1.63. The number of likely N-dealkylation sites (tertiary alicyclic amines) is 1. The maximum absolute atomic E-state index is 11.8. The number of hydrogen-bond donors (Lipinski definition) is 0. The lowest BCUT2D eigenvalue weighted by molar-refractivity contribution is -0.127. The van der Waals surface area contributed by atoms with Crippen LogP contribution in [0.25, 0.3) is 0 Å². The molecule has 1 amide bonds. The van der Waals surface area contributed by atoms with Crippen LogP contribution in [-0.2, 0) is 11.2 Å². The molecule has 1 aliphatic carbocycles. The number of benzene rings is 1. The number of hydrogen-bond acceptors (Lipinski definition) is 2. The standard InChI is InChI=1S/C21H28N2O/c1-3-21(24)22(2)19-12-14-23(15-13-19)20(18-10-7-11-18)16-17-8-5-4-6-9-17/h3-6,8-10,19-20H,1,7,11-16H2,2H3. The molecule has 24 heavy (non-hydrogen) atoms. The summed E-state index contributed by atoms with van der Waals surface area (Å²) in [6.07, 6.45) is 9.50. The number of rotatable bonds is 6. The number of carbonyl (C=O) groups excluding carboxylic acids is 1. The van der Waals surface area contributed by atoms with E-state index in [2.05, 4.69) is 47.9 Å². The highest BCUT2D eigenvalue weighted by Crippen LogP contribution is 2.30. The molecule has 1 unspecified atom stereocenters. The molecule has 1 fully saturated rings. The Morgan fingerprint density at radius 2 is 2.00 bits per heavy atom. The van der Waals surface area contributed by atoms with Crippen LogP contribution in [0, 0.1) is 0 Å². The molecule has 3 heteroatoms. The lowest BCUT2D eigenvalue weighted by Gasteiger charge is -2.42. The fourth-order valence-electron chi connectivity index (χ4n) is 3.85. The van der Waals surface area contributed by atoms with E-state index in [1.165, 1.54) is 24.5 Å². The van der Waals surface area contributed by atoms with E-state index in [0.717, 1.165) is 32.4 Å². The molecule has 0 spiro atoms. The number of likely N-dealkylation sites (N-methyl/N-ethyl adjacent to an activating group) is 1. The first-order valence-corrected chi connectivity index (χ1v) is 9.05. The molecular weight excluding hydrogens is 296 g/mol. The SMILES string of the molecule is C=CC(=O)N(C)C1CCN(C(Cc2ccccc2)C2=CCC2)CC1. The van der Waals surface area contributed by atoms with Gasteiger partial charge in [-0.2, -0.15) is 0 Å². The molecule has 1 heterocycles. The smallest absolute Gasteiger partial charge is 0.245 e. The Labute approximate surface area is 145 Å². The molecule has 1 aliphatic heterocycles. The second kappa shape index (κ2) is 7.80. The molecule has 1 aromatic carbocycles. The highest BCUT2D eigenvalue weighted by atomic mass is 16.2. The van der Waals surface area contributed by atoms with E-state index in [1.807, 2.05) is 11.9 Å². The monoisotopic (exact) mass is 324 g/mol. The van der Waals surface area contributed by atoms with Gasteiger partial charge in [0.05, 0.1) is 0 Å². The van der Waals surface area contributed by atoms with Crippen LogP contribution in [0.3, 0.4) is 0 Å². The van der Waals surface area contributed by atoms with Crippen molar-refractivity contribution in [3.8, 4) is 0 Å². The van der Waals surface area contributed by atoms with E-state index < -0.39 is 0 Å². The van der Waals surface area contributed by atoms with Crippen LogP contribution in [0.4, 0.5) is 0 Å². The number of piperidine rings is 1. The van der Waals surface area contributed by atoms with Gasteiger partial charge in [-0.05, 0) is 43.7 Å². The van der Waals surface area contributed by atoms with Crippen molar-refractivity contribution in [2.24, 2.45) is 0 Å². The predicted molar refractivity (Wildman–Crippen MR) is 98.8 cm³/mol. The van der Waals surface area contributed by atoms with E-state index in [-0.39, 0.29) is 5.91 Å². The van der Waals surface area contributed by atoms with Gasteiger partial charge in [0.15, 0.2) is 0 Å². The number of amides is 1. The van der Waals surface area contributed by atoms with Crippen molar-refractivity contribution in [2.75, 3.05) is 20.1 Å². The van der Waals surface area contributed by atoms with Crippen molar-refractivity contribution < 1.29 is 4.79 Å². The quantitative estimate of drug-likeness (QED) is 0.591. The predicted octanol–water partition coefficient (Wildman–Crippen LogP) is 3.43. The lowest BCUT2D eigenvalue weighted by atomic mass is 9.86.